The van der Waals surface area contributed by atoms with Gasteiger partial charge in [-0.15, -0.1) is 0 Å². The Morgan fingerprint density at radius 1 is 1.35 bits per heavy atom. The minimum atomic E-state index is 0.130. The summed E-state index contributed by atoms with van der Waals surface area (Å²) in [4.78, 5) is 11.7. The van der Waals surface area contributed by atoms with E-state index >= 15 is 0 Å². The van der Waals surface area contributed by atoms with Crippen LogP contribution in [0, 0.1) is 6.92 Å². The molecule has 0 radical (unpaired) electrons. The SMILES string of the molecule is CC(=O)c1c(C)n(CCCN)c2ccccc12. The van der Waals surface area contributed by atoms with Crippen LogP contribution in [0.3, 0.4) is 0 Å². The van der Waals surface area contributed by atoms with Crippen LogP contribution in [-0.4, -0.2) is 16.9 Å². The number of Topliss-reactive ketones (excluding diaryl/α,β-unsaturated/α-hetero) is 1. The Morgan fingerprint density at radius 3 is 2.71 bits per heavy atom. The maximum absolute atomic E-state index is 11.7. The first-order valence-corrected chi connectivity index (χ1v) is 5.95. The van der Waals surface area contributed by atoms with E-state index in [0.717, 1.165) is 35.1 Å². The standard InChI is InChI=1S/C14H18N2O/c1-10-14(11(2)17)12-6-3-4-7-13(12)16(10)9-5-8-15/h3-4,6-7H,5,8-9,15H2,1-2H3. The van der Waals surface area contributed by atoms with Crippen LogP contribution >= 0.6 is 0 Å². The first kappa shape index (κ1) is 11.9. The van der Waals surface area contributed by atoms with Crippen LogP contribution in [0.4, 0.5) is 0 Å². The van der Waals surface area contributed by atoms with Gasteiger partial charge in [0.25, 0.3) is 0 Å². The molecule has 17 heavy (non-hydrogen) atoms. The topological polar surface area (TPSA) is 48.0 Å². The number of nitrogens with two attached hydrogens (primary N) is 1. The van der Waals surface area contributed by atoms with E-state index in [1.165, 1.54) is 0 Å². The second-order valence-electron chi connectivity index (χ2n) is 4.33. The fraction of sp³-hybridized carbons (Fsp3) is 0.357. The summed E-state index contributed by atoms with van der Waals surface area (Å²) in [5.41, 5.74) is 8.58. The quantitative estimate of drug-likeness (QED) is 0.820. The summed E-state index contributed by atoms with van der Waals surface area (Å²) >= 11 is 0. The van der Waals surface area contributed by atoms with Crippen molar-refractivity contribution in [2.24, 2.45) is 5.73 Å². The molecule has 0 atom stereocenters. The second kappa shape index (κ2) is 4.72. The number of hydrogen-bond acceptors (Lipinski definition) is 2. The van der Waals surface area contributed by atoms with E-state index < -0.39 is 0 Å². The van der Waals surface area contributed by atoms with Crippen molar-refractivity contribution in [3.8, 4) is 0 Å². The maximum Gasteiger partial charge on any atom is 0.162 e. The average Bonchev–Trinajstić information content (AvgIpc) is 2.58. The molecule has 0 bridgehead atoms. The molecule has 0 saturated carbocycles. The van der Waals surface area contributed by atoms with Gasteiger partial charge in [0.2, 0.25) is 0 Å². The van der Waals surface area contributed by atoms with Gasteiger partial charge in [-0.1, -0.05) is 18.2 Å². The van der Waals surface area contributed by atoms with Crippen molar-refractivity contribution in [3.05, 3.63) is 35.5 Å². The Morgan fingerprint density at radius 2 is 2.06 bits per heavy atom. The molecule has 0 aliphatic rings. The van der Waals surface area contributed by atoms with E-state index in [1.807, 2.05) is 25.1 Å². The third-order valence-electron chi connectivity index (χ3n) is 3.17. The highest BCUT2D eigenvalue weighted by atomic mass is 16.1. The first-order valence-electron chi connectivity index (χ1n) is 5.95. The Balaban J connectivity index is 2.66. The molecule has 1 aromatic carbocycles. The number of carbonyl (C=O) groups excluding carboxylic acids is 1. The smallest absolute Gasteiger partial charge is 0.162 e. The van der Waals surface area contributed by atoms with Gasteiger partial charge in [0.15, 0.2) is 5.78 Å². The van der Waals surface area contributed by atoms with Crippen molar-refractivity contribution in [1.82, 2.24) is 4.57 Å². The molecule has 0 saturated heterocycles. The maximum atomic E-state index is 11.7. The largest absolute Gasteiger partial charge is 0.344 e. The number of aromatic nitrogens is 1. The van der Waals surface area contributed by atoms with Gasteiger partial charge in [-0.3, -0.25) is 4.79 Å². The van der Waals surface area contributed by atoms with Crippen molar-refractivity contribution >= 4 is 16.7 Å². The number of fused-ring (bicyclic) bond motifs is 1. The molecule has 90 valence electrons. The highest BCUT2D eigenvalue weighted by Crippen LogP contribution is 2.26. The summed E-state index contributed by atoms with van der Waals surface area (Å²) in [6.45, 7) is 5.17. The van der Waals surface area contributed by atoms with Crippen LogP contribution in [-0.2, 0) is 6.54 Å². The van der Waals surface area contributed by atoms with E-state index in [4.69, 9.17) is 5.73 Å². The molecule has 2 N–H and O–H groups in total. The van der Waals surface area contributed by atoms with Gasteiger partial charge in [0.1, 0.15) is 0 Å². The summed E-state index contributed by atoms with van der Waals surface area (Å²) < 4.78 is 2.19. The Hall–Kier alpha value is -1.61. The van der Waals surface area contributed by atoms with Gasteiger partial charge in [0.05, 0.1) is 0 Å². The lowest BCUT2D eigenvalue weighted by atomic mass is 10.1. The summed E-state index contributed by atoms with van der Waals surface area (Å²) in [5.74, 6) is 0.130. The van der Waals surface area contributed by atoms with Crippen LogP contribution in [0.25, 0.3) is 10.9 Å². The molecule has 0 unspecified atom stereocenters. The highest BCUT2D eigenvalue weighted by molar-refractivity contribution is 6.08. The van der Waals surface area contributed by atoms with E-state index in [-0.39, 0.29) is 5.78 Å². The normalized spacial score (nSPS) is 11.0. The number of aryl methyl sites for hydroxylation is 1. The molecule has 0 aliphatic heterocycles. The third-order valence-corrected chi connectivity index (χ3v) is 3.17. The van der Waals surface area contributed by atoms with Crippen LogP contribution in [0.5, 0.6) is 0 Å². The van der Waals surface area contributed by atoms with Crippen molar-refractivity contribution in [2.45, 2.75) is 26.8 Å². The summed E-state index contributed by atoms with van der Waals surface area (Å²) in [6, 6.07) is 8.05. The van der Waals surface area contributed by atoms with Crippen molar-refractivity contribution in [1.29, 1.82) is 0 Å². The number of ketones is 1. The third kappa shape index (κ3) is 1.98. The Bertz CT molecular complexity index is 555. The van der Waals surface area contributed by atoms with Crippen LogP contribution < -0.4 is 5.73 Å². The summed E-state index contributed by atoms with van der Waals surface area (Å²) in [6.07, 6.45) is 0.927. The second-order valence-corrected chi connectivity index (χ2v) is 4.33. The predicted octanol–water partition coefficient (Wildman–Crippen LogP) is 2.50. The molecule has 1 aromatic heterocycles. The lowest BCUT2D eigenvalue weighted by Gasteiger charge is -2.07. The molecule has 2 rings (SSSR count). The van der Waals surface area contributed by atoms with E-state index in [1.54, 1.807) is 6.92 Å². The van der Waals surface area contributed by atoms with Crippen molar-refractivity contribution < 1.29 is 4.79 Å². The number of carbonyl (C=O) groups is 1. The van der Waals surface area contributed by atoms with Gasteiger partial charge in [-0.25, -0.2) is 0 Å². The number of hydrogen-bond donors (Lipinski definition) is 1. The van der Waals surface area contributed by atoms with E-state index in [0.29, 0.717) is 6.54 Å². The van der Waals surface area contributed by atoms with Crippen LogP contribution in [0.1, 0.15) is 29.4 Å². The molecule has 0 spiro atoms. The molecule has 0 amide bonds. The monoisotopic (exact) mass is 230 g/mol. The Labute approximate surface area is 101 Å². The molecule has 0 fully saturated rings. The van der Waals surface area contributed by atoms with Gasteiger partial charge in [-0.05, 0) is 32.9 Å². The fourth-order valence-corrected chi connectivity index (χ4v) is 2.41. The molecule has 2 aromatic rings. The molecule has 3 nitrogen and oxygen atoms in total. The molecule has 3 heteroatoms. The molecule has 1 heterocycles. The lowest BCUT2D eigenvalue weighted by molar-refractivity contribution is 0.101. The minimum absolute atomic E-state index is 0.130. The zero-order valence-corrected chi connectivity index (χ0v) is 10.4. The molecule has 0 aliphatic carbocycles. The van der Waals surface area contributed by atoms with Gasteiger partial charge >= 0.3 is 0 Å². The predicted molar refractivity (Wildman–Crippen MR) is 70.4 cm³/mol. The molecular weight excluding hydrogens is 212 g/mol. The van der Waals surface area contributed by atoms with Gasteiger partial charge in [0, 0.05) is 28.7 Å². The van der Waals surface area contributed by atoms with E-state index in [2.05, 4.69) is 10.6 Å². The number of rotatable bonds is 4. The summed E-state index contributed by atoms with van der Waals surface area (Å²) in [7, 11) is 0. The molecular formula is C14H18N2O. The lowest BCUT2D eigenvalue weighted by Crippen LogP contribution is -2.07. The van der Waals surface area contributed by atoms with E-state index in [9.17, 15) is 4.79 Å². The van der Waals surface area contributed by atoms with Crippen molar-refractivity contribution in [3.63, 3.8) is 0 Å². The summed E-state index contributed by atoms with van der Waals surface area (Å²) in [5, 5.41) is 1.05. The average molecular weight is 230 g/mol. The van der Waals surface area contributed by atoms with Crippen LogP contribution in [0.2, 0.25) is 0 Å². The van der Waals surface area contributed by atoms with Crippen molar-refractivity contribution in [2.75, 3.05) is 6.54 Å². The fourth-order valence-electron chi connectivity index (χ4n) is 2.41. The van der Waals surface area contributed by atoms with Gasteiger partial charge < -0.3 is 10.3 Å². The number of para-hydroxylation sites is 1. The van der Waals surface area contributed by atoms with Crippen LogP contribution in [0.15, 0.2) is 24.3 Å². The zero-order chi connectivity index (χ0) is 12.4. The number of benzene rings is 1. The zero-order valence-electron chi connectivity index (χ0n) is 10.4. The minimum Gasteiger partial charge on any atom is -0.344 e. The number of nitrogens with zero attached hydrogens (tertiary/aromatic N) is 1. The van der Waals surface area contributed by atoms with Gasteiger partial charge in [-0.2, -0.15) is 0 Å². The highest BCUT2D eigenvalue weighted by Gasteiger charge is 2.15. The first-order chi connectivity index (χ1) is 8.16. The Kier molecular flexibility index (Phi) is 3.29.